The van der Waals surface area contributed by atoms with Crippen molar-refractivity contribution in [3.8, 4) is 0 Å². The van der Waals surface area contributed by atoms with Gasteiger partial charge in [0.05, 0.1) is 11.4 Å². The van der Waals surface area contributed by atoms with E-state index in [-0.39, 0.29) is 6.61 Å². The molecule has 1 fully saturated rings. The fraction of sp³-hybridized carbons (Fsp3) is 0.583. The molecule has 0 bridgehead atoms. The molecule has 2 rings (SSSR count). The zero-order valence-corrected chi connectivity index (χ0v) is 9.69. The first kappa shape index (κ1) is 11.2. The van der Waals surface area contributed by atoms with Gasteiger partial charge in [-0.15, -0.1) is 0 Å². The van der Waals surface area contributed by atoms with Crippen LogP contribution in [0.5, 0.6) is 0 Å². The van der Waals surface area contributed by atoms with Crippen molar-refractivity contribution in [1.29, 1.82) is 0 Å². The van der Waals surface area contributed by atoms with E-state index in [2.05, 4.69) is 9.88 Å². The Morgan fingerprint density at radius 3 is 3.06 bits per heavy atom. The van der Waals surface area contributed by atoms with Crippen molar-refractivity contribution in [3.05, 3.63) is 17.8 Å². The van der Waals surface area contributed by atoms with Crippen LogP contribution in [-0.4, -0.2) is 29.8 Å². The summed E-state index contributed by atoms with van der Waals surface area (Å²) in [6.07, 6.45) is 2.23. The predicted molar refractivity (Wildman–Crippen MR) is 65.4 cm³/mol. The van der Waals surface area contributed by atoms with Crippen molar-refractivity contribution >= 4 is 11.5 Å². The van der Waals surface area contributed by atoms with Gasteiger partial charge < -0.3 is 15.7 Å². The Hall–Kier alpha value is -1.29. The van der Waals surface area contributed by atoms with E-state index in [1.54, 1.807) is 0 Å². The van der Waals surface area contributed by atoms with Gasteiger partial charge in [0.15, 0.2) is 0 Å². The zero-order chi connectivity index (χ0) is 11.5. The zero-order valence-electron chi connectivity index (χ0n) is 9.69. The van der Waals surface area contributed by atoms with Gasteiger partial charge in [-0.05, 0) is 37.8 Å². The molecule has 1 saturated heterocycles. The van der Waals surface area contributed by atoms with Crippen LogP contribution in [0.15, 0.2) is 12.1 Å². The second-order valence-electron chi connectivity index (χ2n) is 4.48. The molecule has 0 aliphatic carbocycles. The maximum absolute atomic E-state index is 9.19. The number of rotatable bonds is 2. The largest absolute Gasteiger partial charge is 0.397 e. The standard InChI is InChI=1S/C12H19N3O/c1-9-11(13)4-5-12(14-9)15-6-2-3-10(7-15)8-16/h4-5,10,16H,2-3,6-8,13H2,1H3. The van der Waals surface area contributed by atoms with Crippen molar-refractivity contribution in [3.63, 3.8) is 0 Å². The molecule has 0 spiro atoms. The summed E-state index contributed by atoms with van der Waals surface area (Å²) in [5.74, 6) is 1.36. The first-order valence-electron chi connectivity index (χ1n) is 5.79. The van der Waals surface area contributed by atoms with Crippen LogP contribution in [0, 0.1) is 12.8 Å². The molecular weight excluding hydrogens is 202 g/mol. The lowest BCUT2D eigenvalue weighted by Gasteiger charge is -2.32. The average Bonchev–Trinajstić information content (AvgIpc) is 2.33. The normalized spacial score (nSPS) is 21.1. The predicted octanol–water partition coefficient (Wildman–Crippen LogP) is 1.18. The minimum Gasteiger partial charge on any atom is -0.397 e. The van der Waals surface area contributed by atoms with Gasteiger partial charge in [0.25, 0.3) is 0 Å². The van der Waals surface area contributed by atoms with Gasteiger partial charge in [0, 0.05) is 19.7 Å². The third kappa shape index (κ3) is 2.27. The molecule has 2 heterocycles. The molecule has 88 valence electrons. The smallest absolute Gasteiger partial charge is 0.128 e. The minimum atomic E-state index is 0.268. The van der Waals surface area contributed by atoms with Gasteiger partial charge in [-0.1, -0.05) is 0 Å². The quantitative estimate of drug-likeness (QED) is 0.787. The lowest BCUT2D eigenvalue weighted by atomic mass is 9.99. The number of nitrogens with two attached hydrogens (primary N) is 1. The Kier molecular flexibility index (Phi) is 3.29. The number of aryl methyl sites for hydroxylation is 1. The molecule has 1 aromatic heterocycles. The molecule has 4 nitrogen and oxygen atoms in total. The van der Waals surface area contributed by atoms with Gasteiger partial charge in [0.2, 0.25) is 0 Å². The Morgan fingerprint density at radius 2 is 2.38 bits per heavy atom. The second kappa shape index (κ2) is 4.70. The molecule has 0 saturated carbocycles. The number of nitrogens with zero attached hydrogens (tertiary/aromatic N) is 2. The topological polar surface area (TPSA) is 62.4 Å². The van der Waals surface area contributed by atoms with Crippen LogP contribution in [0.3, 0.4) is 0 Å². The summed E-state index contributed by atoms with van der Waals surface area (Å²) in [5, 5.41) is 9.19. The number of pyridine rings is 1. The second-order valence-corrected chi connectivity index (χ2v) is 4.48. The Labute approximate surface area is 96.1 Å². The summed E-state index contributed by atoms with van der Waals surface area (Å²) in [6, 6.07) is 3.86. The van der Waals surface area contributed by atoms with Gasteiger partial charge in [-0.2, -0.15) is 0 Å². The van der Waals surface area contributed by atoms with Crippen molar-refractivity contribution in [1.82, 2.24) is 4.98 Å². The third-order valence-electron chi connectivity index (χ3n) is 3.21. The Balaban J connectivity index is 2.13. The van der Waals surface area contributed by atoms with Crippen molar-refractivity contribution in [2.24, 2.45) is 5.92 Å². The highest BCUT2D eigenvalue weighted by molar-refractivity contribution is 5.50. The van der Waals surface area contributed by atoms with Crippen molar-refractivity contribution in [2.75, 3.05) is 30.3 Å². The monoisotopic (exact) mass is 221 g/mol. The number of hydrogen-bond acceptors (Lipinski definition) is 4. The Morgan fingerprint density at radius 1 is 1.56 bits per heavy atom. The summed E-state index contributed by atoms with van der Waals surface area (Å²) in [4.78, 5) is 6.72. The van der Waals surface area contributed by atoms with Crippen LogP contribution in [0.1, 0.15) is 18.5 Å². The summed E-state index contributed by atoms with van der Waals surface area (Å²) in [5.41, 5.74) is 7.36. The van der Waals surface area contributed by atoms with Crippen LogP contribution in [0.25, 0.3) is 0 Å². The molecule has 0 amide bonds. The number of aliphatic hydroxyl groups is 1. The molecule has 1 unspecified atom stereocenters. The molecule has 1 aromatic rings. The molecule has 1 atom stereocenters. The fourth-order valence-electron chi connectivity index (χ4n) is 2.16. The summed E-state index contributed by atoms with van der Waals surface area (Å²) in [7, 11) is 0. The fourth-order valence-corrected chi connectivity index (χ4v) is 2.16. The molecule has 3 N–H and O–H groups in total. The maximum atomic E-state index is 9.19. The number of nitrogen functional groups attached to an aromatic ring is 1. The van der Waals surface area contributed by atoms with E-state index < -0.39 is 0 Å². The molecular formula is C12H19N3O. The number of aromatic nitrogens is 1. The first-order valence-corrected chi connectivity index (χ1v) is 5.79. The summed E-state index contributed by atoms with van der Waals surface area (Å²) in [6.45, 7) is 4.11. The molecule has 1 aliphatic heterocycles. The van der Waals surface area contributed by atoms with Gasteiger partial charge in [-0.3, -0.25) is 0 Å². The van der Waals surface area contributed by atoms with Gasteiger partial charge in [0.1, 0.15) is 5.82 Å². The van der Waals surface area contributed by atoms with Crippen LogP contribution in [0.4, 0.5) is 11.5 Å². The highest BCUT2D eigenvalue weighted by Gasteiger charge is 2.20. The summed E-state index contributed by atoms with van der Waals surface area (Å²) < 4.78 is 0. The molecule has 4 heteroatoms. The minimum absolute atomic E-state index is 0.268. The lowest BCUT2D eigenvalue weighted by Crippen LogP contribution is -2.37. The van der Waals surface area contributed by atoms with Gasteiger partial charge in [-0.25, -0.2) is 4.98 Å². The van der Waals surface area contributed by atoms with Crippen LogP contribution >= 0.6 is 0 Å². The average molecular weight is 221 g/mol. The van der Waals surface area contributed by atoms with E-state index in [0.717, 1.165) is 43.1 Å². The highest BCUT2D eigenvalue weighted by Crippen LogP contribution is 2.22. The van der Waals surface area contributed by atoms with Crippen LogP contribution in [0.2, 0.25) is 0 Å². The molecule has 0 radical (unpaired) electrons. The highest BCUT2D eigenvalue weighted by atomic mass is 16.3. The third-order valence-corrected chi connectivity index (χ3v) is 3.21. The van der Waals surface area contributed by atoms with E-state index in [1.165, 1.54) is 0 Å². The van der Waals surface area contributed by atoms with E-state index >= 15 is 0 Å². The first-order chi connectivity index (χ1) is 7.70. The molecule has 16 heavy (non-hydrogen) atoms. The van der Waals surface area contributed by atoms with Crippen LogP contribution in [-0.2, 0) is 0 Å². The van der Waals surface area contributed by atoms with E-state index in [1.807, 2.05) is 19.1 Å². The molecule has 0 aromatic carbocycles. The number of anilines is 2. The number of hydrogen-bond donors (Lipinski definition) is 2. The van der Waals surface area contributed by atoms with E-state index in [4.69, 9.17) is 5.73 Å². The van der Waals surface area contributed by atoms with E-state index in [0.29, 0.717) is 5.92 Å². The molecule has 1 aliphatic rings. The van der Waals surface area contributed by atoms with E-state index in [9.17, 15) is 5.11 Å². The Bertz CT molecular complexity index is 367. The van der Waals surface area contributed by atoms with Crippen molar-refractivity contribution in [2.45, 2.75) is 19.8 Å². The van der Waals surface area contributed by atoms with Crippen LogP contribution < -0.4 is 10.6 Å². The summed E-state index contributed by atoms with van der Waals surface area (Å²) >= 11 is 0. The number of aliphatic hydroxyl groups excluding tert-OH is 1. The SMILES string of the molecule is Cc1nc(N2CCCC(CO)C2)ccc1N. The van der Waals surface area contributed by atoms with Crippen molar-refractivity contribution < 1.29 is 5.11 Å². The lowest BCUT2D eigenvalue weighted by molar-refractivity contribution is 0.208. The van der Waals surface area contributed by atoms with Gasteiger partial charge >= 0.3 is 0 Å². The number of piperidine rings is 1. The maximum Gasteiger partial charge on any atom is 0.128 e.